The number of carbonyl (C=O) groups is 2. The molecule has 2 aliphatic rings. The number of hydrogen-bond donors (Lipinski definition) is 1. The molecule has 1 amide bonds. The van der Waals surface area contributed by atoms with E-state index in [-0.39, 0.29) is 23.5 Å². The maximum atomic E-state index is 12.0. The predicted molar refractivity (Wildman–Crippen MR) is 64.8 cm³/mol. The molecule has 88 valence electrons. The molecule has 3 heteroatoms. The zero-order chi connectivity index (χ0) is 11.8. The number of amides is 1. The number of rotatable bonds is 1. The van der Waals surface area contributed by atoms with Crippen molar-refractivity contribution in [2.24, 2.45) is 5.92 Å². The highest BCUT2D eigenvalue weighted by atomic mass is 16.2. The molecule has 3 nitrogen and oxygen atoms in total. The van der Waals surface area contributed by atoms with E-state index in [1.165, 1.54) is 0 Å². The summed E-state index contributed by atoms with van der Waals surface area (Å²) < 4.78 is 0. The lowest BCUT2D eigenvalue weighted by molar-refractivity contribution is -0.129. The first-order chi connectivity index (χ1) is 8.27. The molecule has 0 radical (unpaired) electrons. The minimum absolute atomic E-state index is 0.00792. The first-order valence-corrected chi connectivity index (χ1v) is 6.20. The number of ketones is 1. The normalized spacial score (nSPS) is 27.8. The Morgan fingerprint density at radius 3 is 2.76 bits per heavy atom. The molecule has 1 heterocycles. The number of nitrogens with one attached hydrogen (secondary N) is 1. The molecule has 0 saturated heterocycles. The van der Waals surface area contributed by atoms with Crippen molar-refractivity contribution in [3.63, 3.8) is 0 Å². The molecule has 0 spiro atoms. The number of benzene rings is 1. The van der Waals surface area contributed by atoms with E-state index in [4.69, 9.17) is 0 Å². The Labute approximate surface area is 100 Å². The van der Waals surface area contributed by atoms with E-state index in [0.717, 1.165) is 30.5 Å². The lowest BCUT2D eigenvalue weighted by Crippen LogP contribution is -2.29. The largest absolute Gasteiger partial charge is 0.325 e. The van der Waals surface area contributed by atoms with Gasteiger partial charge in [0.1, 0.15) is 5.78 Å². The summed E-state index contributed by atoms with van der Waals surface area (Å²) in [6.45, 7) is 0. The van der Waals surface area contributed by atoms with Gasteiger partial charge in [0.25, 0.3) is 0 Å². The highest BCUT2D eigenvalue weighted by Crippen LogP contribution is 2.41. The lowest BCUT2D eigenvalue weighted by Gasteiger charge is -2.24. The van der Waals surface area contributed by atoms with Gasteiger partial charge in [0.2, 0.25) is 5.91 Å². The summed E-state index contributed by atoms with van der Waals surface area (Å²) in [6, 6.07) is 7.70. The van der Waals surface area contributed by atoms with E-state index >= 15 is 0 Å². The van der Waals surface area contributed by atoms with Crippen LogP contribution >= 0.6 is 0 Å². The van der Waals surface area contributed by atoms with E-state index < -0.39 is 0 Å². The van der Waals surface area contributed by atoms with Crippen LogP contribution in [0.25, 0.3) is 0 Å². The molecule has 1 aromatic rings. The summed E-state index contributed by atoms with van der Waals surface area (Å²) in [5.74, 6) is -0.106. The zero-order valence-corrected chi connectivity index (χ0v) is 9.61. The predicted octanol–water partition coefficient (Wildman–Crippen LogP) is 2.48. The van der Waals surface area contributed by atoms with E-state index in [1.807, 2.05) is 24.3 Å². The highest BCUT2D eigenvalue weighted by Gasteiger charge is 2.40. The second-order valence-electron chi connectivity index (χ2n) is 4.87. The van der Waals surface area contributed by atoms with Gasteiger partial charge < -0.3 is 5.32 Å². The van der Waals surface area contributed by atoms with Crippen molar-refractivity contribution in [1.82, 2.24) is 0 Å². The fourth-order valence-corrected chi connectivity index (χ4v) is 3.00. The van der Waals surface area contributed by atoms with Crippen LogP contribution in [0.5, 0.6) is 0 Å². The molecule has 0 aromatic heterocycles. The van der Waals surface area contributed by atoms with Gasteiger partial charge in [-0.15, -0.1) is 0 Å². The van der Waals surface area contributed by atoms with Crippen molar-refractivity contribution < 1.29 is 9.59 Å². The Bertz CT molecular complexity index is 481. The van der Waals surface area contributed by atoms with Gasteiger partial charge in [0.15, 0.2) is 0 Å². The Hall–Kier alpha value is -1.64. The summed E-state index contributed by atoms with van der Waals surface area (Å²) in [6.07, 6.45) is 3.52. The van der Waals surface area contributed by atoms with Crippen molar-refractivity contribution in [3.05, 3.63) is 29.8 Å². The number of carbonyl (C=O) groups excluding carboxylic acids is 2. The van der Waals surface area contributed by atoms with Crippen LogP contribution in [0.3, 0.4) is 0 Å². The SMILES string of the molecule is O=C1CCCC[C@H]1[C@H]1C(=O)Nc2ccccc21. The lowest BCUT2D eigenvalue weighted by atomic mass is 9.76. The Kier molecular flexibility index (Phi) is 2.46. The molecule has 1 saturated carbocycles. The van der Waals surface area contributed by atoms with E-state index in [0.29, 0.717) is 6.42 Å². The fourth-order valence-electron chi connectivity index (χ4n) is 3.00. The summed E-state index contributed by atoms with van der Waals surface area (Å²) in [5, 5.41) is 2.87. The average Bonchev–Trinajstić information content (AvgIpc) is 2.66. The summed E-state index contributed by atoms with van der Waals surface area (Å²) in [4.78, 5) is 24.0. The molecule has 0 unspecified atom stereocenters. The number of anilines is 1. The standard InChI is InChI=1S/C14H15NO2/c16-12-8-4-2-6-10(12)13-9-5-1-3-7-11(9)15-14(13)17/h1,3,5,7,10,13H,2,4,6,8H2,(H,15,17)/t10-,13+/m1/s1. The minimum Gasteiger partial charge on any atom is -0.325 e. The van der Waals surface area contributed by atoms with E-state index in [9.17, 15) is 9.59 Å². The molecule has 1 aromatic carbocycles. The molecule has 0 bridgehead atoms. The Morgan fingerprint density at radius 1 is 1.12 bits per heavy atom. The van der Waals surface area contributed by atoms with E-state index in [2.05, 4.69) is 5.32 Å². The summed E-state index contributed by atoms with van der Waals surface area (Å²) in [7, 11) is 0. The monoisotopic (exact) mass is 229 g/mol. The molecule has 1 fully saturated rings. The van der Waals surface area contributed by atoms with Gasteiger partial charge in [-0.3, -0.25) is 9.59 Å². The number of Topliss-reactive ketones (excluding diaryl/α,β-unsaturated/α-hetero) is 1. The van der Waals surface area contributed by atoms with Crippen LogP contribution in [-0.4, -0.2) is 11.7 Å². The third-order valence-electron chi connectivity index (χ3n) is 3.84. The first kappa shape index (κ1) is 10.5. The number of fused-ring (bicyclic) bond motifs is 1. The highest BCUT2D eigenvalue weighted by molar-refractivity contribution is 6.05. The van der Waals surface area contributed by atoms with Gasteiger partial charge in [-0.25, -0.2) is 0 Å². The van der Waals surface area contributed by atoms with Gasteiger partial charge in [0.05, 0.1) is 5.92 Å². The molecule has 1 aliphatic heterocycles. The zero-order valence-electron chi connectivity index (χ0n) is 9.61. The quantitative estimate of drug-likeness (QED) is 0.804. The van der Waals surface area contributed by atoms with Crippen LogP contribution < -0.4 is 5.32 Å². The van der Waals surface area contributed by atoms with Crippen LogP contribution in [0.15, 0.2) is 24.3 Å². The number of para-hydroxylation sites is 1. The smallest absolute Gasteiger partial charge is 0.232 e. The van der Waals surface area contributed by atoms with Crippen molar-refractivity contribution >= 4 is 17.4 Å². The molecular formula is C14H15NO2. The second-order valence-corrected chi connectivity index (χ2v) is 4.87. The average molecular weight is 229 g/mol. The van der Waals surface area contributed by atoms with Gasteiger partial charge in [-0.05, 0) is 24.5 Å². The minimum atomic E-state index is -0.251. The summed E-state index contributed by atoms with van der Waals surface area (Å²) >= 11 is 0. The maximum Gasteiger partial charge on any atom is 0.232 e. The van der Waals surface area contributed by atoms with Gasteiger partial charge in [-0.1, -0.05) is 24.6 Å². The Balaban J connectivity index is 1.97. The third-order valence-corrected chi connectivity index (χ3v) is 3.84. The van der Waals surface area contributed by atoms with Gasteiger partial charge in [0, 0.05) is 18.0 Å². The topological polar surface area (TPSA) is 46.2 Å². The van der Waals surface area contributed by atoms with Crippen LogP contribution in [0.4, 0.5) is 5.69 Å². The maximum absolute atomic E-state index is 12.0. The second kappa shape index (κ2) is 3.99. The van der Waals surface area contributed by atoms with Gasteiger partial charge >= 0.3 is 0 Å². The van der Waals surface area contributed by atoms with E-state index in [1.54, 1.807) is 0 Å². The van der Waals surface area contributed by atoms with Crippen molar-refractivity contribution in [1.29, 1.82) is 0 Å². The fraction of sp³-hybridized carbons (Fsp3) is 0.429. The van der Waals surface area contributed by atoms with Crippen LogP contribution in [0, 0.1) is 5.92 Å². The third kappa shape index (κ3) is 1.66. The van der Waals surface area contributed by atoms with Crippen molar-refractivity contribution in [2.75, 3.05) is 5.32 Å². The van der Waals surface area contributed by atoms with Gasteiger partial charge in [-0.2, -0.15) is 0 Å². The molecule has 1 aliphatic carbocycles. The molecule has 17 heavy (non-hydrogen) atoms. The summed E-state index contributed by atoms with van der Waals surface area (Å²) in [5.41, 5.74) is 1.87. The molecule has 2 atom stereocenters. The Morgan fingerprint density at radius 2 is 1.94 bits per heavy atom. The van der Waals surface area contributed by atoms with Crippen molar-refractivity contribution in [3.8, 4) is 0 Å². The van der Waals surface area contributed by atoms with Crippen LogP contribution in [0.1, 0.15) is 37.2 Å². The number of hydrogen-bond acceptors (Lipinski definition) is 2. The van der Waals surface area contributed by atoms with Crippen molar-refractivity contribution in [2.45, 2.75) is 31.6 Å². The first-order valence-electron chi connectivity index (χ1n) is 6.20. The molecule has 3 rings (SSSR count). The molecular weight excluding hydrogens is 214 g/mol. The van der Waals surface area contributed by atoms with Crippen LogP contribution in [0.2, 0.25) is 0 Å². The van der Waals surface area contributed by atoms with Crippen LogP contribution in [-0.2, 0) is 9.59 Å². The molecule has 1 N–H and O–H groups in total.